The summed E-state index contributed by atoms with van der Waals surface area (Å²) in [5.74, 6) is -0.821. The van der Waals surface area contributed by atoms with Gasteiger partial charge in [-0.25, -0.2) is 9.87 Å². The molecule has 0 radical (unpaired) electrons. The van der Waals surface area contributed by atoms with Gasteiger partial charge in [0.15, 0.2) is 0 Å². The number of carbonyl (C=O) groups is 1. The number of aryl methyl sites for hydroxylation is 1. The third-order valence-electron chi connectivity index (χ3n) is 3.33. The van der Waals surface area contributed by atoms with E-state index < -0.39 is 11.7 Å². The molecule has 0 bridgehead atoms. The van der Waals surface area contributed by atoms with Crippen LogP contribution >= 0.6 is 22.6 Å². The highest BCUT2D eigenvalue weighted by atomic mass is 127. The molecule has 128 valence electrons. The number of halogens is 2. The second kappa shape index (κ2) is 7.75. The maximum absolute atomic E-state index is 14.1. The maximum atomic E-state index is 14.1. The van der Waals surface area contributed by atoms with E-state index in [0.29, 0.717) is 12.2 Å². The highest BCUT2D eigenvalue weighted by Crippen LogP contribution is 2.24. The van der Waals surface area contributed by atoms with Crippen molar-refractivity contribution in [2.75, 3.05) is 11.9 Å². The van der Waals surface area contributed by atoms with Crippen LogP contribution in [0.4, 0.5) is 15.9 Å². The SMILES string of the molecule is CCONC(=O)c1cc(C)c(=O)n(C)c1Nc1ccc(I)cc1F. The van der Waals surface area contributed by atoms with Crippen LogP contribution < -0.4 is 16.4 Å². The second-order valence-electron chi connectivity index (χ2n) is 5.07. The van der Waals surface area contributed by atoms with Gasteiger partial charge >= 0.3 is 0 Å². The van der Waals surface area contributed by atoms with E-state index in [1.807, 2.05) is 22.6 Å². The Morgan fingerprint density at radius 3 is 2.71 bits per heavy atom. The molecule has 1 amide bonds. The molecule has 0 fully saturated rings. The minimum Gasteiger partial charge on any atom is -0.339 e. The Labute approximate surface area is 152 Å². The molecule has 1 aromatic heterocycles. The van der Waals surface area contributed by atoms with Gasteiger partial charge < -0.3 is 5.32 Å². The summed E-state index contributed by atoms with van der Waals surface area (Å²) in [5, 5.41) is 2.83. The Hall–Kier alpha value is -1.94. The van der Waals surface area contributed by atoms with Gasteiger partial charge in [-0.3, -0.25) is 19.0 Å². The molecule has 24 heavy (non-hydrogen) atoms. The molecule has 0 saturated heterocycles. The van der Waals surface area contributed by atoms with E-state index in [1.165, 1.54) is 23.7 Å². The summed E-state index contributed by atoms with van der Waals surface area (Å²) < 4.78 is 16.1. The number of hydrogen-bond acceptors (Lipinski definition) is 4. The summed E-state index contributed by atoms with van der Waals surface area (Å²) in [4.78, 5) is 29.4. The number of aromatic nitrogens is 1. The van der Waals surface area contributed by atoms with Crippen LogP contribution in [0.1, 0.15) is 22.8 Å². The van der Waals surface area contributed by atoms with Crippen molar-refractivity contribution < 1.29 is 14.0 Å². The topological polar surface area (TPSA) is 72.4 Å². The zero-order valence-corrected chi connectivity index (χ0v) is 15.6. The Bertz CT molecular complexity index is 836. The standard InChI is InChI=1S/C16H17FIN3O3/c1-4-24-20-15(22)11-7-9(2)16(23)21(3)14(11)19-13-6-5-10(18)8-12(13)17/h5-8,19H,4H2,1-3H3,(H,20,22). The Morgan fingerprint density at radius 1 is 1.38 bits per heavy atom. The predicted molar refractivity (Wildman–Crippen MR) is 97.9 cm³/mol. The van der Waals surface area contributed by atoms with E-state index in [2.05, 4.69) is 10.8 Å². The van der Waals surface area contributed by atoms with Gasteiger partial charge in [0.25, 0.3) is 11.5 Å². The molecule has 0 unspecified atom stereocenters. The summed E-state index contributed by atoms with van der Waals surface area (Å²) in [6.45, 7) is 3.63. The van der Waals surface area contributed by atoms with E-state index in [-0.39, 0.29) is 22.6 Å². The van der Waals surface area contributed by atoms with Crippen molar-refractivity contribution in [3.05, 3.63) is 55.1 Å². The smallest absolute Gasteiger partial charge is 0.278 e. The van der Waals surface area contributed by atoms with Gasteiger partial charge in [-0.1, -0.05) is 0 Å². The zero-order valence-electron chi connectivity index (χ0n) is 13.4. The van der Waals surface area contributed by atoms with Crippen molar-refractivity contribution in [1.29, 1.82) is 0 Å². The van der Waals surface area contributed by atoms with Gasteiger partial charge in [-0.15, -0.1) is 0 Å². The predicted octanol–water partition coefficient (Wildman–Crippen LogP) is 2.86. The largest absolute Gasteiger partial charge is 0.339 e. The highest BCUT2D eigenvalue weighted by molar-refractivity contribution is 14.1. The quantitative estimate of drug-likeness (QED) is 0.549. The first-order chi connectivity index (χ1) is 11.3. The molecular weight excluding hydrogens is 428 g/mol. The summed E-state index contributed by atoms with van der Waals surface area (Å²) >= 11 is 2.00. The molecule has 0 spiro atoms. The van der Waals surface area contributed by atoms with Crippen molar-refractivity contribution >= 4 is 40.0 Å². The fraction of sp³-hybridized carbons (Fsp3) is 0.250. The number of hydrogen-bond donors (Lipinski definition) is 2. The molecule has 1 heterocycles. The number of rotatable bonds is 5. The number of hydroxylamine groups is 1. The maximum Gasteiger partial charge on any atom is 0.278 e. The average molecular weight is 445 g/mol. The van der Waals surface area contributed by atoms with Crippen LogP contribution in [0.3, 0.4) is 0 Å². The lowest BCUT2D eigenvalue weighted by molar-refractivity contribution is 0.0364. The van der Waals surface area contributed by atoms with Crippen molar-refractivity contribution in [2.24, 2.45) is 7.05 Å². The van der Waals surface area contributed by atoms with E-state index in [9.17, 15) is 14.0 Å². The lowest BCUT2D eigenvalue weighted by atomic mass is 10.1. The molecule has 1 aromatic carbocycles. The first kappa shape index (κ1) is 18.4. The van der Waals surface area contributed by atoms with E-state index >= 15 is 0 Å². The molecule has 0 aliphatic carbocycles. The van der Waals surface area contributed by atoms with Crippen LogP contribution in [0.2, 0.25) is 0 Å². The Kier molecular flexibility index (Phi) is 5.94. The number of nitrogens with one attached hydrogen (secondary N) is 2. The summed E-state index contributed by atoms with van der Waals surface area (Å²) in [7, 11) is 1.51. The number of pyridine rings is 1. The van der Waals surface area contributed by atoms with E-state index in [1.54, 1.807) is 26.0 Å². The molecule has 2 aromatic rings. The van der Waals surface area contributed by atoms with Crippen molar-refractivity contribution in [3.8, 4) is 0 Å². The average Bonchev–Trinajstić information content (AvgIpc) is 2.54. The van der Waals surface area contributed by atoms with E-state index in [0.717, 1.165) is 3.57 Å². The number of anilines is 2. The van der Waals surface area contributed by atoms with Gasteiger partial charge in [-0.2, -0.15) is 0 Å². The molecule has 8 heteroatoms. The molecule has 0 atom stereocenters. The van der Waals surface area contributed by atoms with Gasteiger partial charge in [0.2, 0.25) is 0 Å². The monoisotopic (exact) mass is 445 g/mol. The molecule has 0 saturated carbocycles. The number of carbonyl (C=O) groups excluding carboxylic acids is 1. The van der Waals surface area contributed by atoms with Gasteiger partial charge in [0.1, 0.15) is 11.6 Å². The van der Waals surface area contributed by atoms with Gasteiger partial charge in [0.05, 0.1) is 17.9 Å². The molecule has 0 aliphatic rings. The third-order valence-corrected chi connectivity index (χ3v) is 4.00. The Morgan fingerprint density at radius 2 is 2.08 bits per heavy atom. The fourth-order valence-corrected chi connectivity index (χ4v) is 2.58. The first-order valence-electron chi connectivity index (χ1n) is 7.20. The van der Waals surface area contributed by atoms with Crippen LogP contribution in [0.5, 0.6) is 0 Å². The lowest BCUT2D eigenvalue weighted by Crippen LogP contribution is -2.29. The lowest BCUT2D eigenvalue weighted by Gasteiger charge is -2.17. The zero-order chi connectivity index (χ0) is 17.9. The third kappa shape index (κ3) is 3.93. The van der Waals surface area contributed by atoms with Crippen molar-refractivity contribution in [2.45, 2.75) is 13.8 Å². The van der Waals surface area contributed by atoms with Crippen LogP contribution in [-0.2, 0) is 11.9 Å². The highest BCUT2D eigenvalue weighted by Gasteiger charge is 2.18. The van der Waals surface area contributed by atoms with Crippen LogP contribution in [0.15, 0.2) is 29.1 Å². The Balaban J connectivity index is 2.52. The fourth-order valence-electron chi connectivity index (χ4n) is 2.13. The molecular formula is C16H17FIN3O3. The van der Waals surface area contributed by atoms with Crippen molar-refractivity contribution in [1.82, 2.24) is 10.0 Å². The number of benzene rings is 1. The van der Waals surface area contributed by atoms with Gasteiger partial charge in [-0.05, 0) is 60.7 Å². The van der Waals surface area contributed by atoms with Crippen LogP contribution in [0.25, 0.3) is 0 Å². The van der Waals surface area contributed by atoms with E-state index in [4.69, 9.17) is 4.84 Å². The molecule has 2 N–H and O–H groups in total. The second-order valence-corrected chi connectivity index (χ2v) is 6.31. The van der Waals surface area contributed by atoms with Crippen molar-refractivity contribution in [3.63, 3.8) is 0 Å². The number of nitrogens with zero attached hydrogens (tertiary/aromatic N) is 1. The first-order valence-corrected chi connectivity index (χ1v) is 8.27. The summed E-state index contributed by atoms with van der Waals surface area (Å²) in [6.07, 6.45) is 0. The minimum absolute atomic E-state index is 0.166. The van der Waals surface area contributed by atoms with Crippen LogP contribution in [-0.4, -0.2) is 17.1 Å². The number of amides is 1. The summed E-state index contributed by atoms with van der Waals surface area (Å²) in [6, 6.07) is 6.07. The normalized spacial score (nSPS) is 10.5. The molecule has 6 nitrogen and oxygen atoms in total. The minimum atomic E-state index is -0.524. The summed E-state index contributed by atoms with van der Waals surface area (Å²) in [5.41, 5.74) is 2.75. The van der Waals surface area contributed by atoms with Gasteiger partial charge in [0, 0.05) is 16.2 Å². The molecule has 0 aliphatic heterocycles. The van der Waals surface area contributed by atoms with Crippen LogP contribution in [0, 0.1) is 16.3 Å². The molecule has 2 rings (SSSR count).